The minimum atomic E-state index is -0.553. The van der Waals surface area contributed by atoms with Gasteiger partial charge in [-0.2, -0.15) is 5.26 Å². The van der Waals surface area contributed by atoms with Crippen LogP contribution in [0, 0.1) is 18.3 Å². The zero-order valence-corrected chi connectivity index (χ0v) is 22.8. The summed E-state index contributed by atoms with van der Waals surface area (Å²) in [5.74, 6) is 1.89. The van der Waals surface area contributed by atoms with Gasteiger partial charge in [-0.15, -0.1) is 10.2 Å². The fourth-order valence-corrected chi connectivity index (χ4v) is 4.18. The van der Waals surface area contributed by atoms with Gasteiger partial charge in [-0.3, -0.25) is 10.1 Å². The summed E-state index contributed by atoms with van der Waals surface area (Å²) in [5.41, 5.74) is 2.85. The first-order chi connectivity index (χ1) is 17.7. The molecule has 0 radical (unpaired) electrons. The number of hydrogen-bond acceptors (Lipinski definition) is 8. The number of amides is 1. The SMILES string of the molecule is COc1cc(/C=C(/C#N)C(=O)Nc2nnc(C(C)C)s2)ccc1OCCOc1cc(C)ccc1C(C)C. The summed E-state index contributed by atoms with van der Waals surface area (Å²) in [6.07, 6.45) is 1.49. The third kappa shape index (κ3) is 7.54. The lowest BCUT2D eigenvalue weighted by molar-refractivity contribution is -0.112. The molecule has 9 heteroatoms. The molecule has 8 nitrogen and oxygen atoms in total. The van der Waals surface area contributed by atoms with Crippen molar-refractivity contribution in [3.63, 3.8) is 0 Å². The fraction of sp³-hybridized carbons (Fsp3) is 0.357. The van der Waals surface area contributed by atoms with Crippen LogP contribution in [0.5, 0.6) is 17.2 Å². The van der Waals surface area contributed by atoms with Crippen molar-refractivity contribution in [2.24, 2.45) is 0 Å². The highest BCUT2D eigenvalue weighted by Gasteiger charge is 2.15. The molecule has 0 saturated carbocycles. The second kappa shape index (κ2) is 12.9. The average molecular weight is 521 g/mol. The Labute approximate surface area is 221 Å². The summed E-state index contributed by atoms with van der Waals surface area (Å²) < 4.78 is 17.3. The van der Waals surface area contributed by atoms with E-state index in [2.05, 4.69) is 41.5 Å². The molecular formula is C28H32N4O4S. The zero-order valence-electron chi connectivity index (χ0n) is 22.0. The maximum absolute atomic E-state index is 12.6. The van der Waals surface area contributed by atoms with Gasteiger partial charge < -0.3 is 14.2 Å². The molecule has 0 aliphatic carbocycles. The summed E-state index contributed by atoms with van der Waals surface area (Å²) in [6.45, 7) is 11.0. The molecule has 194 valence electrons. The van der Waals surface area contributed by atoms with Crippen molar-refractivity contribution < 1.29 is 19.0 Å². The number of rotatable bonds is 11. The molecule has 0 aliphatic rings. The Balaban J connectivity index is 1.64. The predicted molar refractivity (Wildman–Crippen MR) is 145 cm³/mol. The molecule has 0 spiro atoms. The van der Waals surface area contributed by atoms with Crippen LogP contribution in [0.15, 0.2) is 42.0 Å². The summed E-state index contributed by atoms with van der Waals surface area (Å²) >= 11 is 1.28. The van der Waals surface area contributed by atoms with E-state index in [0.717, 1.165) is 21.9 Å². The van der Waals surface area contributed by atoms with Gasteiger partial charge in [0, 0.05) is 5.92 Å². The van der Waals surface area contributed by atoms with E-state index in [0.29, 0.717) is 41.3 Å². The monoisotopic (exact) mass is 520 g/mol. The Morgan fingerprint density at radius 3 is 2.38 bits per heavy atom. The number of nitrogens with one attached hydrogen (secondary N) is 1. The number of anilines is 1. The van der Waals surface area contributed by atoms with Gasteiger partial charge >= 0.3 is 0 Å². The molecule has 1 N–H and O–H groups in total. The van der Waals surface area contributed by atoms with E-state index in [9.17, 15) is 10.1 Å². The Morgan fingerprint density at radius 1 is 1.03 bits per heavy atom. The summed E-state index contributed by atoms with van der Waals surface area (Å²) in [6, 6.07) is 13.4. The molecule has 0 saturated heterocycles. The number of nitriles is 1. The van der Waals surface area contributed by atoms with Gasteiger partial charge in [0.25, 0.3) is 5.91 Å². The Kier molecular flexibility index (Phi) is 9.64. The van der Waals surface area contributed by atoms with Gasteiger partial charge in [0.05, 0.1) is 7.11 Å². The second-order valence-corrected chi connectivity index (χ2v) is 10.0. The van der Waals surface area contributed by atoms with Crippen LogP contribution in [0.4, 0.5) is 5.13 Å². The third-order valence-electron chi connectivity index (χ3n) is 5.41. The lowest BCUT2D eigenvalue weighted by Gasteiger charge is -2.16. The Hall–Kier alpha value is -3.90. The molecule has 0 fully saturated rings. The molecule has 0 atom stereocenters. The third-order valence-corrected chi connectivity index (χ3v) is 6.55. The van der Waals surface area contributed by atoms with Crippen LogP contribution < -0.4 is 19.5 Å². The predicted octanol–water partition coefficient (Wildman–Crippen LogP) is 6.11. The molecule has 0 unspecified atom stereocenters. The number of ether oxygens (including phenoxy) is 3. The van der Waals surface area contributed by atoms with Crippen LogP contribution in [0.25, 0.3) is 6.08 Å². The molecule has 0 aliphatic heterocycles. The van der Waals surface area contributed by atoms with Crippen molar-refractivity contribution in [3.05, 3.63) is 63.7 Å². The molecule has 3 aromatic rings. The first kappa shape index (κ1) is 27.7. The van der Waals surface area contributed by atoms with E-state index in [4.69, 9.17) is 14.2 Å². The van der Waals surface area contributed by atoms with Crippen molar-refractivity contribution >= 4 is 28.5 Å². The van der Waals surface area contributed by atoms with Gasteiger partial charge in [0.1, 0.15) is 35.6 Å². The molecule has 37 heavy (non-hydrogen) atoms. The first-order valence-corrected chi connectivity index (χ1v) is 12.8. The molecule has 1 heterocycles. The van der Waals surface area contributed by atoms with Crippen LogP contribution in [-0.4, -0.2) is 36.4 Å². The van der Waals surface area contributed by atoms with Crippen molar-refractivity contribution in [2.75, 3.05) is 25.6 Å². The number of aromatic nitrogens is 2. The minimum Gasteiger partial charge on any atom is -0.493 e. The molecule has 0 bridgehead atoms. The van der Waals surface area contributed by atoms with Crippen molar-refractivity contribution in [2.45, 2.75) is 46.5 Å². The standard InChI is InChI=1S/C28H32N4O4S/c1-17(2)22-9-7-19(5)13-24(22)36-12-11-35-23-10-8-20(15-25(23)34-6)14-21(16-29)26(33)30-28-32-31-27(37-28)18(3)4/h7-10,13-15,17-18H,11-12H2,1-6H3,(H,30,32,33)/b21-14-. The molecule has 1 amide bonds. The summed E-state index contributed by atoms with van der Waals surface area (Å²) in [4.78, 5) is 12.6. The van der Waals surface area contributed by atoms with Crippen LogP contribution in [0.3, 0.4) is 0 Å². The summed E-state index contributed by atoms with van der Waals surface area (Å²) in [7, 11) is 1.54. The van der Waals surface area contributed by atoms with E-state index in [1.54, 1.807) is 18.2 Å². The van der Waals surface area contributed by atoms with E-state index < -0.39 is 5.91 Å². The van der Waals surface area contributed by atoms with Gasteiger partial charge in [0.15, 0.2) is 11.5 Å². The maximum atomic E-state index is 12.6. The maximum Gasteiger partial charge on any atom is 0.268 e. The number of carbonyl (C=O) groups excluding carboxylic acids is 1. The minimum absolute atomic E-state index is 0.0653. The van der Waals surface area contributed by atoms with E-state index in [1.807, 2.05) is 32.9 Å². The highest BCUT2D eigenvalue weighted by molar-refractivity contribution is 7.15. The average Bonchev–Trinajstić information content (AvgIpc) is 3.34. The topological polar surface area (TPSA) is 106 Å². The van der Waals surface area contributed by atoms with E-state index in [1.165, 1.54) is 24.5 Å². The van der Waals surface area contributed by atoms with Gasteiger partial charge in [-0.1, -0.05) is 57.2 Å². The van der Waals surface area contributed by atoms with Crippen LogP contribution in [0.2, 0.25) is 0 Å². The lowest BCUT2D eigenvalue weighted by atomic mass is 10.0. The van der Waals surface area contributed by atoms with Gasteiger partial charge in [-0.25, -0.2) is 0 Å². The van der Waals surface area contributed by atoms with E-state index >= 15 is 0 Å². The number of nitrogens with zero attached hydrogens (tertiary/aromatic N) is 3. The lowest BCUT2D eigenvalue weighted by Crippen LogP contribution is -2.13. The Morgan fingerprint density at radius 2 is 1.76 bits per heavy atom. The van der Waals surface area contributed by atoms with Gasteiger partial charge in [-0.05, 0) is 53.8 Å². The number of benzene rings is 2. The van der Waals surface area contributed by atoms with Crippen molar-refractivity contribution in [3.8, 4) is 23.3 Å². The number of aryl methyl sites for hydroxylation is 1. The van der Waals surface area contributed by atoms with Gasteiger partial charge in [0.2, 0.25) is 5.13 Å². The van der Waals surface area contributed by atoms with Crippen LogP contribution >= 0.6 is 11.3 Å². The van der Waals surface area contributed by atoms with Crippen molar-refractivity contribution in [1.82, 2.24) is 10.2 Å². The second-order valence-electron chi connectivity index (χ2n) is 9.03. The van der Waals surface area contributed by atoms with Crippen molar-refractivity contribution in [1.29, 1.82) is 5.26 Å². The fourth-order valence-electron chi connectivity index (χ4n) is 3.44. The Bertz CT molecular complexity index is 1310. The first-order valence-electron chi connectivity index (χ1n) is 12.0. The quantitative estimate of drug-likeness (QED) is 0.185. The molecule has 1 aromatic heterocycles. The largest absolute Gasteiger partial charge is 0.493 e. The smallest absolute Gasteiger partial charge is 0.268 e. The highest BCUT2D eigenvalue weighted by Crippen LogP contribution is 2.30. The zero-order chi connectivity index (χ0) is 26.9. The normalized spacial score (nSPS) is 11.4. The van der Waals surface area contributed by atoms with E-state index in [-0.39, 0.29) is 11.5 Å². The highest BCUT2D eigenvalue weighted by atomic mass is 32.1. The van der Waals surface area contributed by atoms with Crippen LogP contribution in [0.1, 0.15) is 61.2 Å². The molecular weight excluding hydrogens is 488 g/mol. The number of hydrogen-bond donors (Lipinski definition) is 1. The number of methoxy groups -OCH3 is 1. The molecule has 3 rings (SSSR count). The summed E-state index contributed by atoms with van der Waals surface area (Å²) in [5, 5.41) is 21.3. The van der Waals surface area contributed by atoms with Crippen LogP contribution in [-0.2, 0) is 4.79 Å². The number of carbonyl (C=O) groups is 1. The molecule has 2 aromatic carbocycles.